The third-order valence-corrected chi connectivity index (χ3v) is 6.94. The first kappa shape index (κ1) is 14.3. The van der Waals surface area contributed by atoms with E-state index in [0.29, 0.717) is 18.1 Å². The number of rotatable bonds is 0. The van der Waals surface area contributed by atoms with Gasteiger partial charge >= 0.3 is 0 Å². The Hall–Kier alpha value is -0.630. The van der Waals surface area contributed by atoms with Crippen LogP contribution in [0, 0.1) is 22.2 Å². The molecule has 4 atom stereocenters. The van der Waals surface area contributed by atoms with Crippen LogP contribution in [0.25, 0.3) is 0 Å². The van der Waals surface area contributed by atoms with Crippen molar-refractivity contribution in [3.8, 4) is 0 Å². The van der Waals surface area contributed by atoms with Crippen LogP contribution < -0.4 is 0 Å². The van der Waals surface area contributed by atoms with Crippen molar-refractivity contribution in [1.29, 1.82) is 0 Å². The van der Waals surface area contributed by atoms with E-state index in [2.05, 4.69) is 33.8 Å². The fraction of sp³-hybridized carbons (Fsp3) is 0.833. The van der Waals surface area contributed by atoms with Crippen LogP contribution in [0.15, 0.2) is 11.6 Å². The van der Waals surface area contributed by atoms with Gasteiger partial charge in [-0.15, -0.1) is 0 Å². The third kappa shape index (κ3) is 1.63. The lowest BCUT2D eigenvalue weighted by Crippen LogP contribution is -2.56. The molecule has 3 rings (SSSR count). The van der Waals surface area contributed by atoms with Crippen LogP contribution in [0.1, 0.15) is 66.2 Å². The molecular formula is C18H28O2. The maximum absolute atomic E-state index is 12.3. The summed E-state index contributed by atoms with van der Waals surface area (Å²) in [6, 6.07) is 0. The highest BCUT2D eigenvalue weighted by molar-refractivity contribution is 5.85. The number of hydrogen-bond donors (Lipinski definition) is 1. The number of carbonyl (C=O) groups is 1. The molecule has 0 heterocycles. The highest BCUT2D eigenvalue weighted by Crippen LogP contribution is 2.65. The summed E-state index contributed by atoms with van der Waals surface area (Å²) < 4.78 is 0. The SMILES string of the molecule is CC1(C)C(=O)CCC2(C)C3=CCC[C@@H](O)C3(C)CC[C@@H]12. The molecule has 2 heteroatoms. The zero-order valence-electron chi connectivity index (χ0n) is 13.3. The molecule has 0 aliphatic heterocycles. The largest absolute Gasteiger partial charge is 0.392 e. The van der Waals surface area contributed by atoms with E-state index in [1.807, 2.05) is 0 Å². The average Bonchev–Trinajstić information content (AvgIpc) is 2.37. The number of aliphatic hydroxyl groups excluding tert-OH is 1. The first-order valence-corrected chi connectivity index (χ1v) is 8.15. The van der Waals surface area contributed by atoms with Gasteiger partial charge in [-0.05, 0) is 43.4 Å². The lowest BCUT2D eigenvalue weighted by Gasteiger charge is -2.60. The zero-order valence-corrected chi connectivity index (χ0v) is 13.3. The van der Waals surface area contributed by atoms with E-state index < -0.39 is 0 Å². The normalized spacial score (nSPS) is 47.2. The van der Waals surface area contributed by atoms with Gasteiger partial charge in [-0.3, -0.25) is 4.79 Å². The molecule has 0 spiro atoms. The second-order valence-corrected chi connectivity index (χ2v) is 8.28. The van der Waals surface area contributed by atoms with Gasteiger partial charge < -0.3 is 5.11 Å². The van der Waals surface area contributed by atoms with E-state index in [-0.39, 0.29) is 22.3 Å². The van der Waals surface area contributed by atoms with Crippen LogP contribution in [0.5, 0.6) is 0 Å². The monoisotopic (exact) mass is 276 g/mol. The minimum Gasteiger partial charge on any atom is -0.392 e. The number of ketones is 1. The Labute approximate surface area is 122 Å². The molecule has 0 bridgehead atoms. The molecule has 0 amide bonds. The second-order valence-electron chi connectivity index (χ2n) is 8.28. The molecule has 0 aromatic rings. The molecule has 0 aromatic heterocycles. The van der Waals surface area contributed by atoms with E-state index >= 15 is 0 Å². The Kier molecular flexibility index (Phi) is 3.00. The van der Waals surface area contributed by atoms with Gasteiger partial charge in [0.25, 0.3) is 0 Å². The summed E-state index contributed by atoms with van der Waals surface area (Å²) in [5, 5.41) is 10.5. The van der Waals surface area contributed by atoms with Crippen LogP contribution in [0.2, 0.25) is 0 Å². The fourth-order valence-corrected chi connectivity index (χ4v) is 5.61. The van der Waals surface area contributed by atoms with Gasteiger partial charge in [0.2, 0.25) is 0 Å². The van der Waals surface area contributed by atoms with Crippen molar-refractivity contribution >= 4 is 5.78 Å². The maximum atomic E-state index is 12.3. The zero-order chi connectivity index (χ0) is 14.8. The van der Waals surface area contributed by atoms with Gasteiger partial charge in [-0.2, -0.15) is 0 Å². The lowest BCUT2D eigenvalue weighted by atomic mass is 9.43. The predicted molar refractivity (Wildman–Crippen MR) is 80.3 cm³/mol. The number of carbonyl (C=O) groups excluding carboxylic acids is 1. The summed E-state index contributed by atoms with van der Waals surface area (Å²) in [6.45, 7) is 8.88. The molecule has 2 nitrogen and oxygen atoms in total. The molecule has 1 N–H and O–H groups in total. The highest BCUT2D eigenvalue weighted by atomic mass is 16.3. The molecular weight excluding hydrogens is 248 g/mol. The second kappa shape index (κ2) is 4.19. The van der Waals surface area contributed by atoms with Crippen molar-refractivity contribution in [3.63, 3.8) is 0 Å². The van der Waals surface area contributed by atoms with Crippen molar-refractivity contribution in [1.82, 2.24) is 0 Å². The van der Waals surface area contributed by atoms with E-state index in [9.17, 15) is 9.90 Å². The number of Topliss-reactive ketones (excluding diaryl/α,β-unsaturated/α-hetero) is 1. The van der Waals surface area contributed by atoms with Gasteiger partial charge in [0.15, 0.2) is 0 Å². The topological polar surface area (TPSA) is 37.3 Å². The van der Waals surface area contributed by atoms with Gasteiger partial charge in [0.1, 0.15) is 5.78 Å². The van der Waals surface area contributed by atoms with Crippen LogP contribution in [0.4, 0.5) is 0 Å². The Morgan fingerprint density at radius 2 is 1.80 bits per heavy atom. The maximum Gasteiger partial charge on any atom is 0.138 e. The number of fused-ring (bicyclic) bond motifs is 3. The molecule has 3 aliphatic carbocycles. The third-order valence-electron chi connectivity index (χ3n) is 6.94. The summed E-state index contributed by atoms with van der Waals surface area (Å²) in [5.74, 6) is 0.862. The van der Waals surface area contributed by atoms with E-state index in [0.717, 1.165) is 32.1 Å². The minimum atomic E-state index is -0.211. The molecule has 112 valence electrons. The standard InChI is InChI=1S/C18H28O2/c1-16(2)12-8-10-18(4)13(6-5-7-15(18)20)17(12,3)11-9-14(16)19/h6,12,15,20H,5,7-11H2,1-4H3/t12-,15+,17?,18?/m0/s1. The smallest absolute Gasteiger partial charge is 0.138 e. The summed E-state index contributed by atoms with van der Waals surface area (Å²) in [4.78, 5) is 12.3. The summed E-state index contributed by atoms with van der Waals surface area (Å²) in [6.07, 6.45) is 7.83. The van der Waals surface area contributed by atoms with Crippen molar-refractivity contribution in [2.75, 3.05) is 0 Å². The fourth-order valence-electron chi connectivity index (χ4n) is 5.61. The first-order chi connectivity index (χ1) is 9.23. The number of allylic oxidation sites excluding steroid dienone is 1. The molecule has 2 unspecified atom stereocenters. The summed E-state index contributed by atoms with van der Waals surface area (Å²) in [7, 11) is 0. The molecule has 3 aliphatic rings. The number of hydrogen-bond acceptors (Lipinski definition) is 2. The van der Waals surface area contributed by atoms with E-state index in [1.54, 1.807) is 0 Å². The van der Waals surface area contributed by atoms with E-state index in [1.165, 1.54) is 5.57 Å². The molecule has 2 saturated carbocycles. The molecule has 0 radical (unpaired) electrons. The van der Waals surface area contributed by atoms with Crippen LogP contribution in [-0.4, -0.2) is 17.0 Å². The van der Waals surface area contributed by atoms with Crippen molar-refractivity contribution in [2.45, 2.75) is 72.3 Å². The number of aliphatic hydroxyl groups is 1. The van der Waals surface area contributed by atoms with Crippen molar-refractivity contribution in [3.05, 3.63) is 11.6 Å². The van der Waals surface area contributed by atoms with Gasteiger partial charge in [-0.25, -0.2) is 0 Å². The van der Waals surface area contributed by atoms with Crippen LogP contribution in [-0.2, 0) is 4.79 Å². The van der Waals surface area contributed by atoms with Crippen molar-refractivity contribution in [2.24, 2.45) is 22.2 Å². The quantitative estimate of drug-likeness (QED) is 0.682. The Morgan fingerprint density at radius 3 is 2.50 bits per heavy atom. The van der Waals surface area contributed by atoms with Crippen molar-refractivity contribution < 1.29 is 9.90 Å². The summed E-state index contributed by atoms with van der Waals surface area (Å²) in [5.41, 5.74) is 1.30. The van der Waals surface area contributed by atoms with Gasteiger partial charge in [-0.1, -0.05) is 39.3 Å². The minimum absolute atomic E-state index is 0.0556. The van der Waals surface area contributed by atoms with Crippen LogP contribution in [0.3, 0.4) is 0 Å². The molecule has 0 saturated heterocycles. The lowest BCUT2D eigenvalue weighted by molar-refractivity contribution is -0.143. The average molecular weight is 276 g/mol. The first-order valence-electron chi connectivity index (χ1n) is 8.15. The van der Waals surface area contributed by atoms with Crippen LogP contribution >= 0.6 is 0 Å². The Balaban J connectivity index is 2.08. The van der Waals surface area contributed by atoms with Gasteiger partial charge in [0.05, 0.1) is 6.10 Å². The predicted octanol–water partition coefficient (Wildman–Crippen LogP) is 3.88. The van der Waals surface area contributed by atoms with E-state index in [4.69, 9.17) is 0 Å². The highest BCUT2D eigenvalue weighted by Gasteiger charge is 2.59. The molecule has 0 aromatic carbocycles. The Morgan fingerprint density at radius 1 is 1.10 bits per heavy atom. The summed E-state index contributed by atoms with van der Waals surface area (Å²) >= 11 is 0. The molecule has 20 heavy (non-hydrogen) atoms. The van der Waals surface area contributed by atoms with Gasteiger partial charge in [0, 0.05) is 17.3 Å². The Bertz CT molecular complexity index is 476. The molecule has 2 fully saturated rings.